The van der Waals surface area contributed by atoms with Crippen molar-refractivity contribution >= 4 is 5.96 Å². The zero-order chi connectivity index (χ0) is 13.0. The molecule has 2 fully saturated rings. The zero-order valence-electron chi connectivity index (χ0n) is 11.5. The summed E-state index contributed by atoms with van der Waals surface area (Å²) in [4.78, 5) is 6.93. The number of likely N-dealkylation sites (tertiary alicyclic amines) is 1. The van der Waals surface area contributed by atoms with Gasteiger partial charge in [-0.25, -0.2) is 4.99 Å². The topological polar surface area (TPSA) is 53.6 Å². The molecule has 1 aliphatic heterocycles. The second-order valence-electron chi connectivity index (χ2n) is 5.66. The van der Waals surface area contributed by atoms with Gasteiger partial charge < -0.3 is 11.1 Å². The first-order valence-corrected chi connectivity index (χ1v) is 7.10. The molecule has 3 N–H and O–H groups in total. The first kappa shape index (κ1) is 13.4. The van der Waals surface area contributed by atoms with E-state index in [9.17, 15) is 0 Å². The van der Waals surface area contributed by atoms with Crippen LogP contribution in [0.15, 0.2) is 17.1 Å². The van der Waals surface area contributed by atoms with Gasteiger partial charge in [-0.3, -0.25) is 4.90 Å². The first-order valence-electron chi connectivity index (χ1n) is 7.10. The molecule has 2 aliphatic rings. The summed E-state index contributed by atoms with van der Waals surface area (Å²) in [7, 11) is 0. The number of rotatable bonds is 5. The van der Waals surface area contributed by atoms with Crippen LogP contribution >= 0.6 is 0 Å². The van der Waals surface area contributed by atoms with Crippen LogP contribution < -0.4 is 11.1 Å². The van der Waals surface area contributed by atoms with E-state index in [4.69, 9.17) is 5.73 Å². The lowest BCUT2D eigenvalue weighted by atomic mass is 10.0. The minimum atomic E-state index is 0.555. The minimum absolute atomic E-state index is 0.555. The molecule has 102 valence electrons. The average molecular weight is 250 g/mol. The van der Waals surface area contributed by atoms with Gasteiger partial charge in [0.25, 0.3) is 0 Å². The van der Waals surface area contributed by atoms with Gasteiger partial charge >= 0.3 is 0 Å². The Balaban J connectivity index is 1.76. The fourth-order valence-electron chi connectivity index (χ4n) is 2.63. The molecule has 4 heteroatoms. The Morgan fingerprint density at radius 3 is 2.83 bits per heavy atom. The molecule has 0 aromatic carbocycles. The Bertz CT molecular complexity index is 320. The van der Waals surface area contributed by atoms with E-state index in [0.717, 1.165) is 18.2 Å². The van der Waals surface area contributed by atoms with Crippen molar-refractivity contribution in [2.45, 2.75) is 51.1 Å². The van der Waals surface area contributed by atoms with E-state index >= 15 is 0 Å². The second kappa shape index (κ2) is 6.23. The maximum absolute atomic E-state index is 5.86. The predicted molar refractivity (Wildman–Crippen MR) is 76.7 cm³/mol. The fraction of sp³-hybridized carbons (Fsp3) is 0.786. The molecule has 0 radical (unpaired) electrons. The van der Waals surface area contributed by atoms with Gasteiger partial charge in [0.2, 0.25) is 0 Å². The van der Waals surface area contributed by atoms with E-state index in [2.05, 4.69) is 21.8 Å². The van der Waals surface area contributed by atoms with Gasteiger partial charge in [-0.2, -0.15) is 0 Å². The number of hydrogen-bond acceptors (Lipinski definition) is 2. The molecule has 1 heterocycles. The van der Waals surface area contributed by atoms with Crippen molar-refractivity contribution in [1.29, 1.82) is 0 Å². The molecule has 1 unspecified atom stereocenters. The van der Waals surface area contributed by atoms with Crippen molar-refractivity contribution in [2.75, 3.05) is 19.6 Å². The van der Waals surface area contributed by atoms with E-state index in [1.165, 1.54) is 38.6 Å². The standard InChI is InChI=1S/C14H26N4/c1-11(2)9-16-14(15)17-10-13-5-3-4-8-18(13)12-6-7-12/h12-13H,1,3-10H2,2H3,(H3,15,16,17). The lowest BCUT2D eigenvalue weighted by molar-refractivity contribution is 0.140. The summed E-state index contributed by atoms with van der Waals surface area (Å²) in [5.74, 6) is 0.555. The van der Waals surface area contributed by atoms with E-state index < -0.39 is 0 Å². The number of piperidine rings is 1. The molecule has 18 heavy (non-hydrogen) atoms. The molecule has 0 bridgehead atoms. The number of aliphatic imine (C=N–C) groups is 1. The van der Waals surface area contributed by atoms with Crippen LogP contribution in [0.1, 0.15) is 39.0 Å². The smallest absolute Gasteiger partial charge is 0.188 e. The molecule has 1 saturated carbocycles. The molecule has 2 rings (SSSR count). The molecule has 0 aromatic rings. The van der Waals surface area contributed by atoms with Gasteiger partial charge in [-0.15, -0.1) is 0 Å². The predicted octanol–water partition coefficient (Wildman–Crippen LogP) is 1.48. The van der Waals surface area contributed by atoms with Gasteiger partial charge in [-0.1, -0.05) is 18.6 Å². The molecule has 1 saturated heterocycles. The maximum atomic E-state index is 5.86. The SMILES string of the molecule is C=C(C)CN=C(N)NCC1CCCCN1C1CC1. The molecule has 0 aromatic heterocycles. The van der Waals surface area contributed by atoms with Gasteiger partial charge in [0.15, 0.2) is 5.96 Å². The van der Waals surface area contributed by atoms with Gasteiger partial charge in [0.1, 0.15) is 0 Å². The number of hydrogen-bond donors (Lipinski definition) is 2. The van der Waals surface area contributed by atoms with Crippen LogP contribution in [0.3, 0.4) is 0 Å². The second-order valence-corrected chi connectivity index (χ2v) is 5.66. The van der Waals surface area contributed by atoms with Crippen molar-refractivity contribution in [2.24, 2.45) is 10.7 Å². The van der Waals surface area contributed by atoms with Crippen LogP contribution in [-0.4, -0.2) is 42.6 Å². The summed E-state index contributed by atoms with van der Waals surface area (Å²) in [6.45, 7) is 8.60. The van der Waals surface area contributed by atoms with Crippen molar-refractivity contribution in [3.63, 3.8) is 0 Å². The third-order valence-corrected chi connectivity index (χ3v) is 3.73. The number of nitrogens with two attached hydrogens (primary N) is 1. The van der Waals surface area contributed by atoms with Crippen molar-refractivity contribution in [1.82, 2.24) is 10.2 Å². The van der Waals surface area contributed by atoms with Crippen LogP contribution in [0.5, 0.6) is 0 Å². The highest BCUT2D eigenvalue weighted by atomic mass is 15.2. The summed E-state index contributed by atoms with van der Waals surface area (Å²) >= 11 is 0. The van der Waals surface area contributed by atoms with Crippen LogP contribution in [0, 0.1) is 0 Å². The largest absolute Gasteiger partial charge is 0.370 e. The number of nitrogens with zero attached hydrogens (tertiary/aromatic N) is 2. The number of nitrogens with one attached hydrogen (secondary N) is 1. The Hall–Kier alpha value is -1.03. The lowest BCUT2D eigenvalue weighted by Crippen LogP contribution is -2.49. The van der Waals surface area contributed by atoms with E-state index in [1.54, 1.807) is 0 Å². The fourth-order valence-corrected chi connectivity index (χ4v) is 2.63. The van der Waals surface area contributed by atoms with E-state index in [1.807, 2.05) is 6.92 Å². The van der Waals surface area contributed by atoms with E-state index in [-0.39, 0.29) is 0 Å². The molecule has 0 spiro atoms. The first-order chi connectivity index (χ1) is 8.66. The quantitative estimate of drug-likeness (QED) is 0.441. The Morgan fingerprint density at radius 2 is 2.17 bits per heavy atom. The minimum Gasteiger partial charge on any atom is -0.370 e. The number of guanidine groups is 1. The third kappa shape index (κ3) is 4.02. The Labute approximate surface area is 110 Å². The summed E-state index contributed by atoms with van der Waals surface area (Å²) in [6.07, 6.45) is 6.76. The molecular weight excluding hydrogens is 224 g/mol. The van der Waals surface area contributed by atoms with Crippen molar-refractivity contribution in [3.05, 3.63) is 12.2 Å². The lowest BCUT2D eigenvalue weighted by Gasteiger charge is -2.36. The zero-order valence-corrected chi connectivity index (χ0v) is 11.5. The van der Waals surface area contributed by atoms with Crippen LogP contribution in [0.2, 0.25) is 0 Å². The summed E-state index contributed by atoms with van der Waals surface area (Å²) < 4.78 is 0. The van der Waals surface area contributed by atoms with Gasteiger partial charge in [0.05, 0.1) is 6.54 Å². The van der Waals surface area contributed by atoms with Crippen molar-refractivity contribution < 1.29 is 0 Å². The molecule has 1 aliphatic carbocycles. The highest BCUT2D eigenvalue weighted by molar-refractivity contribution is 5.77. The highest BCUT2D eigenvalue weighted by Gasteiger charge is 2.34. The summed E-state index contributed by atoms with van der Waals surface area (Å²) in [5.41, 5.74) is 6.89. The van der Waals surface area contributed by atoms with Crippen LogP contribution in [0.4, 0.5) is 0 Å². The summed E-state index contributed by atoms with van der Waals surface area (Å²) in [6, 6.07) is 1.50. The van der Waals surface area contributed by atoms with E-state index in [0.29, 0.717) is 18.5 Å². The normalized spacial score (nSPS) is 26.1. The Kier molecular flexibility index (Phi) is 4.64. The molecular formula is C14H26N4. The summed E-state index contributed by atoms with van der Waals surface area (Å²) in [5, 5.41) is 3.27. The third-order valence-electron chi connectivity index (χ3n) is 3.73. The van der Waals surface area contributed by atoms with Crippen LogP contribution in [0.25, 0.3) is 0 Å². The van der Waals surface area contributed by atoms with Gasteiger partial charge in [-0.05, 0) is 39.2 Å². The monoisotopic (exact) mass is 250 g/mol. The Morgan fingerprint density at radius 1 is 1.39 bits per heavy atom. The van der Waals surface area contributed by atoms with Gasteiger partial charge in [0, 0.05) is 18.6 Å². The molecule has 1 atom stereocenters. The molecule has 4 nitrogen and oxygen atoms in total. The highest BCUT2D eigenvalue weighted by Crippen LogP contribution is 2.32. The van der Waals surface area contributed by atoms with Crippen LogP contribution in [-0.2, 0) is 0 Å². The molecule has 0 amide bonds. The average Bonchev–Trinajstić information content (AvgIpc) is 3.18. The van der Waals surface area contributed by atoms with Crippen molar-refractivity contribution in [3.8, 4) is 0 Å². The maximum Gasteiger partial charge on any atom is 0.188 e.